The molecule has 0 unspecified atom stereocenters. The molecule has 4 saturated carbocycles. The summed E-state index contributed by atoms with van der Waals surface area (Å²) in [4.78, 5) is 12.5. The molecular formula is C24H36OS2. The monoisotopic (exact) mass is 404 g/mol. The maximum absolute atomic E-state index is 12.5. The van der Waals surface area contributed by atoms with Gasteiger partial charge in [-0.3, -0.25) is 4.79 Å². The van der Waals surface area contributed by atoms with Gasteiger partial charge in [0.05, 0.1) is 0 Å². The van der Waals surface area contributed by atoms with Crippen LogP contribution in [-0.4, -0.2) is 28.8 Å². The number of thioether (sulfide) groups is 2. The van der Waals surface area contributed by atoms with Gasteiger partial charge in [-0.05, 0) is 85.2 Å². The summed E-state index contributed by atoms with van der Waals surface area (Å²) in [7, 11) is 0. The molecule has 0 aromatic carbocycles. The summed E-state index contributed by atoms with van der Waals surface area (Å²) in [5.41, 5.74) is 2.36. The molecule has 0 aromatic heterocycles. The first-order chi connectivity index (χ1) is 12.9. The molecule has 1 nitrogen and oxygen atoms in total. The molecule has 4 fully saturated rings. The Balaban J connectivity index is 1.60. The van der Waals surface area contributed by atoms with E-state index in [4.69, 9.17) is 0 Å². The lowest BCUT2D eigenvalue weighted by molar-refractivity contribution is -0.117. The molecule has 5 rings (SSSR count). The molecule has 5 aliphatic carbocycles. The highest BCUT2D eigenvalue weighted by atomic mass is 32.2. The van der Waals surface area contributed by atoms with E-state index in [1.807, 2.05) is 11.8 Å². The van der Waals surface area contributed by atoms with Gasteiger partial charge in [-0.2, -0.15) is 23.5 Å². The number of fused-ring (bicyclic) bond motifs is 7. The van der Waals surface area contributed by atoms with Crippen molar-refractivity contribution in [2.45, 2.75) is 69.8 Å². The topological polar surface area (TPSA) is 17.1 Å². The first-order valence-corrected chi connectivity index (χ1v) is 13.8. The number of hydrogen-bond acceptors (Lipinski definition) is 3. The van der Waals surface area contributed by atoms with Gasteiger partial charge in [-0.1, -0.05) is 32.8 Å². The minimum absolute atomic E-state index is 0.250. The summed E-state index contributed by atoms with van der Waals surface area (Å²) in [6.07, 6.45) is 14.3. The van der Waals surface area contributed by atoms with E-state index in [0.717, 1.165) is 47.2 Å². The molecule has 0 aliphatic heterocycles. The fourth-order valence-corrected chi connectivity index (χ4v) is 11.1. The normalized spacial score (nSPS) is 55.9. The van der Waals surface area contributed by atoms with Crippen molar-refractivity contribution in [1.29, 1.82) is 0 Å². The van der Waals surface area contributed by atoms with Gasteiger partial charge in [0.25, 0.3) is 0 Å². The summed E-state index contributed by atoms with van der Waals surface area (Å²) in [5, 5.41) is 1.22. The van der Waals surface area contributed by atoms with Crippen molar-refractivity contribution in [2.24, 2.45) is 46.3 Å². The van der Waals surface area contributed by atoms with Crippen LogP contribution >= 0.6 is 23.5 Å². The SMILES string of the molecule is CC[C@@H]1[C@H]2C[C@H]2[C@H]2[C@@H]3[C@H](SC)CC4=CC(=O)C[C@H](SC)[C@]4(C)[C@H]3CC[C@@]21C. The summed E-state index contributed by atoms with van der Waals surface area (Å²) in [5.74, 6) is 6.03. The third kappa shape index (κ3) is 2.36. The van der Waals surface area contributed by atoms with Gasteiger partial charge in [0.15, 0.2) is 5.78 Å². The fraction of sp³-hybridized carbons (Fsp3) is 0.875. The van der Waals surface area contributed by atoms with Crippen molar-refractivity contribution in [3.63, 3.8) is 0 Å². The highest BCUT2D eigenvalue weighted by Gasteiger charge is 2.71. The Bertz CT molecular complexity index is 686. The molecule has 0 spiro atoms. The van der Waals surface area contributed by atoms with Gasteiger partial charge in [0.1, 0.15) is 0 Å². The van der Waals surface area contributed by atoms with Crippen LogP contribution in [0.15, 0.2) is 11.6 Å². The first kappa shape index (κ1) is 19.1. The smallest absolute Gasteiger partial charge is 0.156 e. The highest BCUT2D eigenvalue weighted by Crippen LogP contribution is 2.76. The summed E-state index contributed by atoms with van der Waals surface area (Å²) in [6, 6.07) is 0. The standard InChI is InChI=1S/C24H36OS2/c1-6-17-15-12-16(15)22-21-18(7-8-23(17,22)2)24(3)13(10-19(21)26-4)9-14(25)11-20(24)27-5/h9,15-22H,6-8,10-12H2,1-5H3/t15-,16+,17+,18-,19+,20-,21-,22-,23+,24-/m0/s1. The van der Waals surface area contributed by atoms with E-state index in [-0.39, 0.29) is 5.41 Å². The second kappa shape index (κ2) is 6.30. The number of carbonyl (C=O) groups is 1. The Morgan fingerprint density at radius 2 is 1.93 bits per heavy atom. The van der Waals surface area contributed by atoms with Crippen LogP contribution < -0.4 is 0 Å². The minimum Gasteiger partial charge on any atom is -0.295 e. The zero-order valence-electron chi connectivity index (χ0n) is 17.7. The molecule has 3 heteroatoms. The number of rotatable bonds is 3. The Hall–Kier alpha value is 0.110. The molecule has 150 valence electrons. The van der Waals surface area contributed by atoms with E-state index < -0.39 is 0 Å². The van der Waals surface area contributed by atoms with E-state index in [1.54, 1.807) is 0 Å². The largest absolute Gasteiger partial charge is 0.295 e. The highest BCUT2D eigenvalue weighted by molar-refractivity contribution is 7.99. The summed E-state index contributed by atoms with van der Waals surface area (Å²) < 4.78 is 0. The van der Waals surface area contributed by atoms with Crippen molar-refractivity contribution < 1.29 is 4.79 Å². The molecule has 0 bridgehead atoms. The van der Waals surface area contributed by atoms with E-state index in [9.17, 15) is 4.79 Å². The second-order valence-corrected chi connectivity index (χ2v) is 12.8. The Labute approximate surface area is 174 Å². The van der Waals surface area contributed by atoms with E-state index in [2.05, 4.69) is 51.1 Å². The third-order valence-corrected chi connectivity index (χ3v) is 12.4. The van der Waals surface area contributed by atoms with Crippen LogP contribution in [0, 0.1) is 46.3 Å². The fourth-order valence-electron chi connectivity index (χ4n) is 8.97. The van der Waals surface area contributed by atoms with E-state index in [1.165, 1.54) is 37.7 Å². The average molecular weight is 405 g/mol. The molecule has 0 saturated heterocycles. The molecule has 10 atom stereocenters. The maximum Gasteiger partial charge on any atom is 0.156 e. The molecule has 0 heterocycles. The number of carbonyl (C=O) groups excluding carboxylic acids is 1. The van der Waals surface area contributed by atoms with Gasteiger partial charge in [-0.15, -0.1) is 0 Å². The van der Waals surface area contributed by atoms with Crippen molar-refractivity contribution >= 4 is 29.3 Å². The van der Waals surface area contributed by atoms with Gasteiger partial charge in [0.2, 0.25) is 0 Å². The third-order valence-electron chi connectivity index (χ3n) is 10.1. The van der Waals surface area contributed by atoms with Crippen molar-refractivity contribution in [1.82, 2.24) is 0 Å². The van der Waals surface area contributed by atoms with Crippen LogP contribution in [0.5, 0.6) is 0 Å². The number of hydrogen-bond donors (Lipinski definition) is 0. The molecule has 0 N–H and O–H groups in total. The number of allylic oxidation sites excluding steroid dienone is 1. The van der Waals surface area contributed by atoms with Crippen LogP contribution in [-0.2, 0) is 4.79 Å². The zero-order valence-corrected chi connectivity index (χ0v) is 19.3. The van der Waals surface area contributed by atoms with Crippen molar-refractivity contribution in [2.75, 3.05) is 12.5 Å². The van der Waals surface area contributed by atoms with Gasteiger partial charge in [0, 0.05) is 22.3 Å². The minimum atomic E-state index is 0.250. The zero-order chi connectivity index (χ0) is 19.1. The molecule has 0 radical (unpaired) electrons. The van der Waals surface area contributed by atoms with Crippen LogP contribution in [0.4, 0.5) is 0 Å². The van der Waals surface area contributed by atoms with Crippen LogP contribution in [0.2, 0.25) is 0 Å². The number of ketones is 1. The quantitative estimate of drug-likeness (QED) is 0.567. The van der Waals surface area contributed by atoms with Crippen LogP contribution in [0.3, 0.4) is 0 Å². The first-order valence-electron chi connectivity index (χ1n) is 11.2. The van der Waals surface area contributed by atoms with E-state index in [0.29, 0.717) is 16.4 Å². The summed E-state index contributed by atoms with van der Waals surface area (Å²) >= 11 is 4.08. The van der Waals surface area contributed by atoms with E-state index >= 15 is 0 Å². The van der Waals surface area contributed by atoms with Gasteiger partial charge >= 0.3 is 0 Å². The van der Waals surface area contributed by atoms with Crippen LogP contribution in [0.1, 0.15) is 59.3 Å². The Morgan fingerprint density at radius 1 is 1.15 bits per heavy atom. The Kier molecular flexibility index (Phi) is 4.46. The molecule has 0 amide bonds. The lowest BCUT2D eigenvalue weighted by atomic mass is 9.45. The molecule has 5 aliphatic rings. The molecule has 27 heavy (non-hydrogen) atoms. The van der Waals surface area contributed by atoms with Crippen LogP contribution in [0.25, 0.3) is 0 Å². The molecule has 0 aromatic rings. The predicted octanol–water partition coefficient (Wildman–Crippen LogP) is 6.08. The summed E-state index contributed by atoms with van der Waals surface area (Å²) in [6.45, 7) is 7.68. The predicted molar refractivity (Wildman–Crippen MR) is 118 cm³/mol. The lowest BCUT2D eigenvalue weighted by Crippen LogP contribution is -2.58. The Morgan fingerprint density at radius 3 is 2.59 bits per heavy atom. The maximum atomic E-state index is 12.5. The average Bonchev–Trinajstić information content (AvgIpc) is 3.36. The van der Waals surface area contributed by atoms with Gasteiger partial charge < -0.3 is 0 Å². The van der Waals surface area contributed by atoms with Gasteiger partial charge in [-0.25, -0.2) is 0 Å². The lowest BCUT2D eigenvalue weighted by Gasteiger charge is -2.62. The molecular weight excluding hydrogens is 368 g/mol. The second-order valence-electron chi connectivity index (χ2n) is 10.7. The van der Waals surface area contributed by atoms with Crippen molar-refractivity contribution in [3.8, 4) is 0 Å². The van der Waals surface area contributed by atoms with Crippen molar-refractivity contribution in [3.05, 3.63) is 11.6 Å².